The lowest BCUT2D eigenvalue weighted by atomic mass is 9.43. The zero-order valence-corrected chi connectivity index (χ0v) is 13.8. The van der Waals surface area contributed by atoms with Crippen LogP contribution in [0.1, 0.15) is 65.2 Å². The number of ether oxygens (including phenoxy) is 1. The smallest absolute Gasteiger partial charge is 0.165 e. The van der Waals surface area contributed by atoms with Crippen LogP contribution in [-0.2, 0) is 9.53 Å². The zero-order chi connectivity index (χ0) is 15.3. The first-order chi connectivity index (χ1) is 10.4. The molecule has 1 heterocycles. The van der Waals surface area contributed by atoms with Crippen LogP contribution in [-0.4, -0.2) is 28.7 Å². The van der Waals surface area contributed by atoms with Crippen molar-refractivity contribution in [2.24, 2.45) is 28.6 Å². The Bertz CT molecular complexity index is 545. The molecule has 0 spiro atoms. The highest BCUT2D eigenvalue weighted by Gasteiger charge is 2.70. The summed E-state index contributed by atoms with van der Waals surface area (Å²) < 4.78 is 5.72. The number of hydrogen-bond acceptors (Lipinski definition) is 3. The first-order valence-corrected chi connectivity index (χ1v) is 9.29. The molecule has 0 aromatic rings. The van der Waals surface area contributed by atoms with Crippen LogP contribution < -0.4 is 0 Å². The Hall–Kier alpha value is -0.410. The molecule has 0 bridgehead atoms. The van der Waals surface area contributed by atoms with E-state index in [9.17, 15) is 9.90 Å². The largest absolute Gasteiger partial charge is 0.381 e. The number of hydrogen-bond donors (Lipinski definition) is 1. The fourth-order valence-corrected chi connectivity index (χ4v) is 7.28. The molecule has 8 atom stereocenters. The number of aliphatic hydroxyl groups is 1. The average molecular weight is 304 g/mol. The van der Waals surface area contributed by atoms with Crippen LogP contribution >= 0.6 is 0 Å². The molecule has 0 amide bonds. The summed E-state index contributed by atoms with van der Waals surface area (Å²) in [5, 5.41) is 11.3. The maximum absolute atomic E-state index is 13.0. The standard InChI is InChI=1S/C19H28O3/c1-17-6-3-4-12(17)11-8-16(20)19(21)10-15-14(22-15)9-18(19,2)13(11)5-7-17/h11-15,21H,3-10H2,1-2H3/t11-,12-,13-,14-,15+,17-,18+,19-/m0/s1. The number of Topliss-reactive ketones (excluding diaryl/α,β-unsaturated/α-hetero) is 1. The average Bonchev–Trinajstić information content (AvgIpc) is 3.05. The van der Waals surface area contributed by atoms with Gasteiger partial charge in [0, 0.05) is 18.3 Å². The second kappa shape index (κ2) is 3.97. The van der Waals surface area contributed by atoms with Crippen molar-refractivity contribution in [3.63, 3.8) is 0 Å². The molecule has 0 aromatic carbocycles. The third-order valence-electron chi connectivity index (χ3n) is 8.67. The van der Waals surface area contributed by atoms with Crippen LogP contribution in [0.4, 0.5) is 0 Å². The zero-order valence-electron chi connectivity index (χ0n) is 13.8. The fraction of sp³-hybridized carbons (Fsp3) is 0.947. The van der Waals surface area contributed by atoms with Gasteiger partial charge in [-0.1, -0.05) is 20.3 Å². The molecule has 5 fully saturated rings. The molecule has 3 heteroatoms. The number of carbonyl (C=O) groups excluding carboxylic acids is 1. The molecule has 5 rings (SSSR count). The number of carbonyl (C=O) groups is 1. The van der Waals surface area contributed by atoms with Crippen molar-refractivity contribution in [1.29, 1.82) is 0 Å². The quantitative estimate of drug-likeness (QED) is 0.700. The molecule has 22 heavy (non-hydrogen) atoms. The summed E-state index contributed by atoms with van der Waals surface area (Å²) in [6.07, 6.45) is 8.97. The van der Waals surface area contributed by atoms with Crippen molar-refractivity contribution in [2.45, 2.75) is 83.0 Å². The fourth-order valence-electron chi connectivity index (χ4n) is 7.28. The van der Waals surface area contributed by atoms with Crippen molar-refractivity contribution in [1.82, 2.24) is 0 Å². The Morgan fingerprint density at radius 1 is 1.09 bits per heavy atom. The number of fused-ring (bicyclic) bond motifs is 6. The Morgan fingerprint density at radius 2 is 1.86 bits per heavy atom. The molecule has 0 radical (unpaired) electrons. The molecular formula is C19H28O3. The van der Waals surface area contributed by atoms with Crippen molar-refractivity contribution in [3.8, 4) is 0 Å². The van der Waals surface area contributed by atoms with Gasteiger partial charge in [0.2, 0.25) is 0 Å². The lowest BCUT2D eigenvalue weighted by molar-refractivity contribution is -0.198. The molecule has 1 N–H and O–H groups in total. The lowest BCUT2D eigenvalue weighted by Gasteiger charge is -2.61. The predicted octanol–water partition coefficient (Wildman–Crippen LogP) is 3.09. The van der Waals surface area contributed by atoms with E-state index in [2.05, 4.69) is 13.8 Å². The summed E-state index contributed by atoms with van der Waals surface area (Å²) in [5.41, 5.74) is -0.909. The Kier molecular flexibility index (Phi) is 2.52. The van der Waals surface area contributed by atoms with Crippen LogP contribution in [0.25, 0.3) is 0 Å². The monoisotopic (exact) mass is 304 g/mol. The third kappa shape index (κ3) is 1.48. The second-order valence-electron chi connectivity index (χ2n) is 9.49. The van der Waals surface area contributed by atoms with E-state index >= 15 is 0 Å². The van der Waals surface area contributed by atoms with E-state index in [1.165, 1.54) is 32.1 Å². The van der Waals surface area contributed by atoms with E-state index in [-0.39, 0.29) is 17.3 Å². The van der Waals surface area contributed by atoms with Gasteiger partial charge < -0.3 is 9.84 Å². The first kappa shape index (κ1) is 14.0. The van der Waals surface area contributed by atoms with Crippen LogP contribution in [0.3, 0.4) is 0 Å². The topological polar surface area (TPSA) is 49.8 Å². The minimum atomic E-state index is -1.11. The molecule has 5 aliphatic rings. The van der Waals surface area contributed by atoms with Crippen molar-refractivity contribution in [2.75, 3.05) is 0 Å². The first-order valence-electron chi connectivity index (χ1n) is 9.29. The highest BCUT2D eigenvalue weighted by atomic mass is 16.6. The van der Waals surface area contributed by atoms with Gasteiger partial charge in [-0.2, -0.15) is 0 Å². The Labute approximate surface area is 132 Å². The normalized spacial score (nSPS) is 62.7. The molecule has 122 valence electrons. The molecule has 3 nitrogen and oxygen atoms in total. The highest BCUT2D eigenvalue weighted by Crippen LogP contribution is 2.68. The molecule has 4 aliphatic carbocycles. The van der Waals surface area contributed by atoms with Crippen LogP contribution in [0.5, 0.6) is 0 Å². The maximum Gasteiger partial charge on any atom is 0.165 e. The van der Waals surface area contributed by atoms with E-state index in [0.717, 1.165) is 6.42 Å². The molecule has 0 unspecified atom stereocenters. The van der Waals surface area contributed by atoms with Gasteiger partial charge in [0.15, 0.2) is 5.78 Å². The van der Waals surface area contributed by atoms with Crippen molar-refractivity contribution in [3.05, 3.63) is 0 Å². The Morgan fingerprint density at radius 3 is 2.68 bits per heavy atom. The summed E-state index contributed by atoms with van der Waals surface area (Å²) in [5.74, 6) is 1.85. The van der Waals surface area contributed by atoms with Crippen LogP contribution in [0, 0.1) is 28.6 Å². The van der Waals surface area contributed by atoms with Crippen molar-refractivity contribution < 1.29 is 14.6 Å². The molecule has 4 saturated carbocycles. The van der Waals surface area contributed by atoms with Crippen LogP contribution in [0.15, 0.2) is 0 Å². The number of ketones is 1. The minimum absolute atomic E-state index is 0.126. The summed E-state index contributed by atoms with van der Waals surface area (Å²) >= 11 is 0. The van der Waals surface area contributed by atoms with E-state index in [1.54, 1.807) is 0 Å². The predicted molar refractivity (Wildman–Crippen MR) is 82.2 cm³/mol. The van der Waals surface area contributed by atoms with E-state index in [1.807, 2.05) is 0 Å². The van der Waals surface area contributed by atoms with Gasteiger partial charge in [-0.15, -0.1) is 0 Å². The summed E-state index contributed by atoms with van der Waals surface area (Å²) in [7, 11) is 0. The Balaban J connectivity index is 1.56. The molecular weight excluding hydrogens is 276 g/mol. The molecule has 1 saturated heterocycles. The highest BCUT2D eigenvalue weighted by molar-refractivity contribution is 5.90. The van der Waals surface area contributed by atoms with E-state index in [0.29, 0.717) is 42.1 Å². The second-order valence-corrected chi connectivity index (χ2v) is 9.49. The van der Waals surface area contributed by atoms with Gasteiger partial charge >= 0.3 is 0 Å². The molecule has 1 aliphatic heterocycles. The van der Waals surface area contributed by atoms with Gasteiger partial charge in [0.05, 0.1) is 12.2 Å². The van der Waals surface area contributed by atoms with Gasteiger partial charge in [-0.05, 0) is 55.3 Å². The van der Waals surface area contributed by atoms with Crippen molar-refractivity contribution >= 4 is 5.78 Å². The van der Waals surface area contributed by atoms with Gasteiger partial charge in [0.25, 0.3) is 0 Å². The van der Waals surface area contributed by atoms with Gasteiger partial charge in [-0.25, -0.2) is 0 Å². The summed E-state index contributed by atoms with van der Waals surface area (Å²) in [6, 6.07) is 0. The maximum atomic E-state index is 13.0. The number of rotatable bonds is 0. The van der Waals surface area contributed by atoms with Crippen LogP contribution in [0.2, 0.25) is 0 Å². The third-order valence-corrected chi connectivity index (χ3v) is 8.67. The van der Waals surface area contributed by atoms with E-state index < -0.39 is 5.60 Å². The van der Waals surface area contributed by atoms with E-state index in [4.69, 9.17) is 4.74 Å². The lowest BCUT2D eigenvalue weighted by Crippen LogP contribution is -2.66. The molecule has 0 aromatic heterocycles. The number of epoxide rings is 1. The minimum Gasteiger partial charge on any atom is -0.381 e. The summed E-state index contributed by atoms with van der Waals surface area (Å²) in [6.45, 7) is 4.66. The SMILES string of the molecule is C[C@@]12CCC[C@H]1[C@@H]1CC(=O)[C@@]3(O)C[C@H]4O[C@H]4C[C@]3(C)[C@H]1CC2. The summed E-state index contributed by atoms with van der Waals surface area (Å²) in [4.78, 5) is 13.0. The van der Waals surface area contributed by atoms with Gasteiger partial charge in [-0.3, -0.25) is 4.79 Å². The van der Waals surface area contributed by atoms with Gasteiger partial charge in [0.1, 0.15) is 5.60 Å².